The summed E-state index contributed by atoms with van der Waals surface area (Å²) in [6.07, 6.45) is 4.53. The van der Waals surface area contributed by atoms with Crippen LogP contribution in [0.5, 0.6) is 0 Å². The van der Waals surface area contributed by atoms with Crippen molar-refractivity contribution in [3.8, 4) is 0 Å². The zero-order chi connectivity index (χ0) is 21.0. The summed E-state index contributed by atoms with van der Waals surface area (Å²) >= 11 is 0. The molecule has 3 aromatic carbocycles. The van der Waals surface area contributed by atoms with Crippen molar-refractivity contribution < 1.29 is 0 Å². The van der Waals surface area contributed by atoms with Crippen molar-refractivity contribution in [2.75, 3.05) is 0 Å². The minimum atomic E-state index is 0.457. The summed E-state index contributed by atoms with van der Waals surface area (Å²) in [6, 6.07) is 28.2. The zero-order valence-electron chi connectivity index (χ0n) is 18.9. The molecule has 32 heavy (non-hydrogen) atoms. The average molecular weight is 433 g/mol. The summed E-state index contributed by atoms with van der Waals surface area (Å²) < 4.78 is 0. The topological polar surface area (TPSA) is 0 Å². The fourth-order valence-electron chi connectivity index (χ4n) is 10.1. The molecule has 10 unspecified atom stereocenters. The van der Waals surface area contributed by atoms with Gasteiger partial charge in [0.2, 0.25) is 0 Å². The summed E-state index contributed by atoms with van der Waals surface area (Å²) in [4.78, 5) is 0. The van der Waals surface area contributed by atoms with Crippen LogP contribution in [-0.2, 0) is 0 Å². The SMILES string of the molecule is CC1[SiH]=C2C(c3ccccc3)C3C4CCCC5C1C2C(c1cccc2ccccc12)C3C54. The number of hydrogen-bond donors (Lipinski definition) is 0. The summed E-state index contributed by atoms with van der Waals surface area (Å²) in [5.74, 6) is 8.19. The van der Waals surface area contributed by atoms with Gasteiger partial charge in [-0.15, -0.1) is 0 Å². The summed E-state index contributed by atoms with van der Waals surface area (Å²) in [5, 5.41) is 5.03. The Kier molecular flexibility index (Phi) is 3.76. The molecular weight excluding hydrogens is 400 g/mol. The quantitative estimate of drug-likeness (QED) is 0.396. The van der Waals surface area contributed by atoms with E-state index in [2.05, 4.69) is 79.7 Å². The largest absolute Gasteiger partial charge is 0.0808 e. The third-order valence-electron chi connectivity index (χ3n) is 10.7. The van der Waals surface area contributed by atoms with Crippen LogP contribution in [-0.4, -0.2) is 14.3 Å². The van der Waals surface area contributed by atoms with Crippen LogP contribution in [0, 0.1) is 41.4 Å². The van der Waals surface area contributed by atoms with E-state index < -0.39 is 0 Å². The van der Waals surface area contributed by atoms with Gasteiger partial charge < -0.3 is 0 Å². The molecule has 8 rings (SSSR count). The Balaban J connectivity index is 1.37. The van der Waals surface area contributed by atoms with E-state index in [9.17, 15) is 0 Å². The summed E-state index contributed by atoms with van der Waals surface area (Å²) in [6.45, 7) is 2.65. The van der Waals surface area contributed by atoms with E-state index in [4.69, 9.17) is 0 Å². The molecule has 0 N–H and O–H groups in total. The molecule has 1 aliphatic heterocycles. The molecule has 0 nitrogen and oxygen atoms in total. The van der Waals surface area contributed by atoms with Crippen LogP contribution < -0.4 is 0 Å². The fourth-order valence-corrected chi connectivity index (χ4v) is 12.7. The van der Waals surface area contributed by atoms with Crippen molar-refractivity contribution in [1.29, 1.82) is 0 Å². The van der Waals surface area contributed by atoms with Crippen LogP contribution in [0.1, 0.15) is 49.1 Å². The normalized spacial score (nSPS) is 43.0. The van der Waals surface area contributed by atoms with Crippen LogP contribution in [0.2, 0.25) is 5.54 Å². The van der Waals surface area contributed by atoms with Gasteiger partial charge in [-0.1, -0.05) is 91.3 Å². The van der Waals surface area contributed by atoms with Crippen molar-refractivity contribution in [2.45, 2.75) is 43.6 Å². The first-order chi connectivity index (χ1) is 15.8. The number of benzene rings is 3. The van der Waals surface area contributed by atoms with Crippen molar-refractivity contribution >= 4 is 25.1 Å². The highest BCUT2D eigenvalue weighted by Gasteiger charge is 2.71. The molecule has 4 fully saturated rings. The number of hydrogen-bond acceptors (Lipinski definition) is 0. The van der Waals surface area contributed by atoms with Gasteiger partial charge in [0, 0.05) is 5.92 Å². The smallest absolute Gasteiger partial charge is 0.00429 e. The first-order valence-corrected chi connectivity index (χ1v) is 14.3. The minimum absolute atomic E-state index is 0.457. The Hall–Kier alpha value is -1.99. The van der Waals surface area contributed by atoms with Crippen molar-refractivity contribution in [3.05, 3.63) is 83.9 Å². The lowest BCUT2D eigenvalue weighted by molar-refractivity contribution is -0.172. The second kappa shape index (κ2) is 6.53. The molecule has 0 spiro atoms. The monoisotopic (exact) mass is 432 g/mol. The lowest BCUT2D eigenvalue weighted by Gasteiger charge is -2.72. The van der Waals surface area contributed by atoms with E-state index in [1.165, 1.54) is 24.6 Å². The fraction of sp³-hybridized carbons (Fsp3) is 0.452. The standard InChI is InChI=1S/C31H32Si/c1-17-24-22-15-8-16-23-26(22)29-27(21-14-7-12-18-9-5-6-13-20(18)21)30(24)31(32-17)25(28(23)29)19-10-3-2-4-11-19/h2-7,9-14,17,22-30,32H,8,15-16H2,1H3. The predicted octanol–water partition coefficient (Wildman–Crippen LogP) is 6.68. The molecule has 3 aromatic rings. The second-order valence-corrected chi connectivity index (χ2v) is 13.7. The molecule has 1 heterocycles. The van der Waals surface area contributed by atoms with E-state index >= 15 is 0 Å². The molecule has 10 atom stereocenters. The van der Waals surface area contributed by atoms with E-state index in [0.717, 1.165) is 58.8 Å². The second-order valence-electron chi connectivity index (χ2n) is 11.6. The highest BCUT2D eigenvalue weighted by Crippen LogP contribution is 2.76. The Morgan fingerprint density at radius 2 is 1.44 bits per heavy atom. The Morgan fingerprint density at radius 3 is 2.31 bits per heavy atom. The predicted molar refractivity (Wildman–Crippen MR) is 136 cm³/mol. The van der Waals surface area contributed by atoms with Gasteiger partial charge in [-0.3, -0.25) is 0 Å². The Morgan fingerprint density at radius 1 is 0.688 bits per heavy atom. The Bertz CT molecular complexity index is 1240. The van der Waals surface area contributed by atoms with Gasteiger partial charge in [0.1, 0.15) is 0 Å². The molecule has 4 aliphatic carbocycles. The number of fused-ring (bicyclic) bond motifs is 3. The van der Waals surface area contributed by atoms with Crippen molar-refractivity contribution in [1.82, 2.24) is 0 Å². The zero-order valence-corrected chi connectivity index (χ0v) is 20.1. The maximum absolute atomic E-state index is 2.65. The molecule has 0 saturated heterocycles. The van der Waals surface area contributed by atoms with Gasteiger partial charge in [0.05, 0.1) is 0 Å². The molecule has 0 amide bonds. The van der Waals surface area contributed by atoms with Crippen LogP contribution in [0.25, 0.3) is 10.8 Å². The first kappa shape index (κ1) is 18.4. The number of rotatable bonds is 2. The van der Waals surface area contributed by atoms with Gasteiger partial charge in [0.15, 0.2) is 0 Å². The maximum Gasteiger partial charge on any atom is 0.00429 e. The average Bonchev–Trinajstić information content (AvgIpc) is 3.21. The van der Waals surface area contributed by atoms with Gasteiger partial charge in [-0.05, 0) is 96.8 Å². The van der Waals surface area contributed by atoms with E-state index in [-0.39, 0.29) is 0 Å². The highest BCUT2D eigenvalue weighted by atomic mass is 28.2. The molecule has 2 bridgehead atoms. The van der Waals surface area contributed by atoms with Crippen molar-refractivity contribution in [3.63, 3.8) is 0 Å². The third kappa shape index (κ3) is 2.17. The van der Waals surface area contributed by atoms with E-state index in [1.54, 1.807) is 16.5 Å². The van der Waals surface area contributed by atoms with Crippen LogP contribution >= 0.6 is 0 Å². The maximum atomic E-state index is 2.65. The Labute approximate surface area is 193 Å². The van der Waals surface area contributed by atoms with E-state index in [0.29, 0.717) is 9.13 Å². The highest BCUT2D eigenvalue weighted by molar-refractivity contribution is 6.59. The molecule has 0 radical (unpaired) electrons. The van der Waals surface area contributed by atoms with Gasteiger partial charge in [-0.2, -0.15) is 0 Å². The molecule has 1 heteroatoms. The minimum Gasteiger partial charge on any atom is -0.0808 e. The molecule has 4 saturated carbocycles. The third-order valence-corrected chi connectivity index (χ3v) is 12.8. The summed E-state index contributed by atoms with van der Waals surface area (Å²) in [5.41, 5.74) is 4.30. The van der Waals surface area contributed by atoms with Gasteiger partial charge >= 0.3 is 0 Å². The van der Waals surface area contributed by atoms with Crippen LogP contribution in [0.3, 0.4) is 0 Å². The first-order valence-electron chi connectivity index (χ1n) is 13.1. The molecular formula is C31H32Si. The van der Waals surface area contributed by atoms with Gasteiger partial charge in [-0.25, -0.2) is 0 Å². The lowest BCUT2D eigenvalue weighted by Crippen LogP contribution is -2.67. The van der Waals surface area contributed by atoms with Crippen LogP contribution in [0.4, 0.5) is 0 Å². The molecule has 0 aromatic heterocycles. The van der Waals surface area contributed by atoms with E-state index in [1.807, 2.05) is 5.17 Å². The van der Waals surface area contributed by atoms with Gasteiger partial charge in [0.25, 0.3) is 0 Å². The lowest BCUT2D eigenvalue weighted by atomic mass is 9.32. The van der Waals surface area contributed by atoms with Crippen molar-refractivity contribution in [2.24, 2.45) is 41.4 Å². The molecule has 5 aliphatic rings. The van der Waals surface area contributed by atoms with Crippen LogP contribution in [0.15, 0.2) is 72.8 Å². The summed E-state index contributed by atoms with van der Waals surface area (Å²) in [7, 11) is 0.457. The molecule has 160 valence electrons.